The number of hydrogen-bond acceptors (Lipinski definition) is 7. The molecule has 8 nitrogen and oxygen atoms in total. The van der Waals surface area contributed by atoms with E-state index < -0.39 is 11.9 Å². The van der Waals surface area contributed by atoms with E-state index in [1.807, 2.05) is 12.1 Å². The summed E-state index contributed by atoms with van der Waals surface area (Å²) in [6.45, 7) is 1.70. The Morgan fingerprint density at radius 2 is 1.75 bits per heavy atom. The predicted molar refractivity (Wildman–Crippen MR) is 105 cm³/mol. The first-order valence-corrected chi connectivity index (χ1v) is 9.24. The molecule has 0 fully saturated rings. The first-order chi connectivity index (χ1) is 13.4. The molecule has 3 N–H and O–H groups in total. The lowest BCUT2D eigenvalue weighted by molar-refractivity contribution is -0.159. The van der Waals surface area contributed by atoms with E-state index in [-0.39, 0.29) is 6.10 Å². The molecule has 1 atom stereocenters. The fourth-order valence-corrected chi connectivity index (χ4v) is 3.08. The van der Waals surface area contributed by atoms with Crippen LogP contribution in [0.3, 0.4) is 0 Å². The van der Waals surface area contributed by atoms with Crippen LogP contribution in [-0.2, 0) is 20.7 Å². The normalized spacial score (nSPS) is 11.1. The molecule has 0 saturated heterocycles. The molecule has 1 unspecified atom stereocenters. The van der Waals surface area contributed by atoms with Crippen molar-refractivity contribution < 1.29 is 34.0 Å². The van der Waals surface area contributed by atoms with Crippen molar-refractivity contribution in [3.8, 4) is 11.5 Å². The van der Waals surface area contributed by atoms with Gasteiger partial charge in [-0.2, -0.15) is 0 Å². The number of rotatable bonds is 9. The fraction of sp³-hybridized carbons (Fsp3) is 0.368. The highest BCUT2D eigenvalue weighted by atomic mass is 32.1. The molecule has 0 spiro atoms. The smallest absolute Gasteiger partial charge is 0.414 e. The molecule has 2 aromatic rings. The van der Waals surface area contributed by atoms with E-state index in [0.717, 1.165) is 31.0 Å². The molecule has 0 amide bonds. The maximum Gasteiger partial charge on any atom is 0.414 e. The third-order valence-electron chi connectivity index (χ3n) is 3.70. The summed E-state index contributed by atoms with van der Waals surface area (Å²) in [5.41, 5.74) is 1.22. The third kappa shape index (κ3) is 7.95. The van der Waals surface area contributed by atoms with E-state index in [4.69, 9.17) is 34.0 Å². The van der Waals surface area contributed by atoms with Gasteiger partial charge < -0.3 is 29.7 Å². The van der Waals surface area contributed by atoms with Crippen molar-refractivity contribution in [3.05, 3.63) is 46.2 Å². The molecule has 0 bridgehead atoms. The third-order valence-corrected chi connectivity index (χ3v) is 4.66. The number of carboxylic acid groups (broad SMARTS) is 2. The molecule has 1 heterocycles. The Bertz CT molecular complexity index is 722. The Hall–Kier alpha value is -2.62. The molecule has 154 valence electrons. The summed E-state index contributed by atoms with van der Waals surface area (Å²) in [7, 11) is 5.05. The number of carboxylic acids is 2. The predicted octanol–water partition coefficient (Wildman–Crippen LogP) is 2.44. The van der Waals surface area contributed by atoms with Gasteiger partial charge in [0.25, 0.3) is 0 Å². The average molecular weight is 411 g/mol. The Balaban J connectivity index is 0.000000568. The molecule has 0 aliphatic rings. The monoisotopic (exact) mass is 411 g/mol. The zero-order valence-electron chi connectivity index (χ0n) is 16.0. The van der Waals surface area contributed by atoms with Crippen LogP contribution >= 0.6 is 11.3 Å². The summed E-state index contributed by atoms with van der Waals surface area (Å²) in [6, 6.07) is 10.2. The molecular weight excluding hydrogens is 386 g/mol. The highest BCUT2D eigenvalue weighted by Crippen LogP contribution is 2.27. The lowest BCUT2D eigenvalue weighted by atomic mass is 10.1. The highest BCUT2D eigenvalue weighted by molar-refractivity contribution is 7.10. The summed E-state index contributed by atoms with van der Waals surface area (Å²) in [5.74, 6) is -2.12. The van der Waals surface area contributed by atoms with Crippen LogP contribution in [0.4, 0.5) is 0 Å². The van der Waals surface area contributed by atoms with Crippen LogP contribution in [0.15, 0.2) is 35.7 Å². The molecule has 0 aliphatic heterocycles. The number of thiophene rings is 1. The van der Waals surface area contributed by atoms with Crippen LogP contribution in [0.1, 0.15) is 16.5 Å². The molecule has 9 heteroatoms. The number of aliphatic carboxylic acids is 2. The van der Waals surface area contributed by atoms with Crippen LogP contribution < -0.4 is 14.8 Å². The maximum absolute atomic E-state index is 9.10. The van der Waals surface area contributed by atoms with Gasteiger partial charge in [0.1, 0.15) is 6.10 Å². The quantitative estimate of drug-likeness (QED) is 0.426. The summed E-state index contributed by atoms with van der Waals surface area (Å²) in [6.07, 6.45) is 1.05. The maximum atomic E-state index is 9.10. The average Bonchev–Trinajstić information content (AvgIpc) is 3.22. The van der Waals surface area contributed by atoms with E-state index in [1.165, 1.54) is 10.4 Å². The number of nitrogens with one attached hydrogen (secondary N) is 1. The molecule has 1 aromatic heterocycles. The number of benzene rings is 1. The zero-order chi connectivity index (χ0) is 20.9. The first-order valence-electron chi connectivity index (χ1n) is 8.36. The number of ether oxygens (including phenoxy) is 3. The van der Waals surface area contributed by atoms with E-state index in [2.05, 4.69) is 28.9 Å². The van der Waals surface area contributed by atoms with Gasteiger partial charge in [0.2, 0.25) is 0 Å². The standard InChI is InChI=1S/C17H23NO3S.C2H2O4/c1-19-14-7-6-13(11-15(14)20-2)8-9-18-12-16(21-3)17-5-4-10-22-17;3-1(4)2(5)6/h4-7,10-11,16,18H,8-9,12H2,1-3H3;(H,3,4)(H,5,6). The Labute approximate surface area is 167 Å². The fourth-order valence-electron chi connectivity index (χ4n) is 2.28. The second-order valence-electron chi connectivity index (χ2n) is 5.49. The topological polar surface area (TPSA) is 114 Å². The van der Waals surface area contributed by atoms with E-state index in [1.54, 1.807) is 32.7 Å². The van der Waals surface area contributed by atoms with Crippen molar-refractivity contribution in [3.63, 3.8) is 0 Å². The van der Waals surface area contributed by atoms with Crippen molar-refractivity contribution in [2.45, 2.75) is 12.5 Å². The van der Waals surface area contributed by atoms with Crippen LogP contribution in [0.2, 0.25) is 0 Å². The second kappa shape index (κ2) is 12.7. The lowest BCUT2D eigenvalue weighted by Gasteiger charge is -2.15. The number of carbonyl (C=O) groups is 2. The molecule has 2 rings (SSSR count). The minimum absolute atomic E-state index is 0.116. The summed E-state index contributed by atoms with van der Waals surface area (Å²) >= 11 is 1.72. The van der Waals surface area contributed by atoms with Gasteiger partial charge in [0.05, 0.1) is 14.2 Å². The van der Waals surface area contributed by atoms with Gasteiger partial charge in [0.15, 0.2) is 11.5 Å². The van der Waals surface area contributed by atoms with E-state index in [0.29, 0.717) is 0 Å². The number of hydrogen-bond donors (Lipinski definition) is 3. The van der Waals surface area contributed by atoms with Crippen LogP contribution in [-0.4, -0.2) is 56.6 Å². The Morgan fingerprint density at radius 1 is 1.07 bits per heavy atom. The van der Waals surface area contributed by atoms with Crippen LogP contribution in [0, 0.1) is 0 Å². The second-order valence-corrected chi connectivity index (χ2v) is 6.47. The van der Waals surface area contributed by atoms with Crippen molar-refractivity contribution in [1.29, 1.82) is 0 Å². The van der Waals surface area contributed by atoms with Gasteiger partial charge in [-0.15, -0.1) is 11.3 Å². The molecule has 0 radical (unpaired) electrons. The van der Waals surface area contributed by atoms with Crippen molar-refractivity contribution in [2.75, 3.05) is 34.4 Å². The lowest BCUT2D eigenvalue weighted by Crippen LogP contribution is -2.24. The van der Waals surface area contributed by atoms with Crippen molar-refractivity contribution >= 4 is 23.3 Å². The Kier molecular flexibility index (Phi) is 10.6. The van der Waals surface area contributed by atoms with Gasteiger partial charge in [-0.1, -0.05) is 12.1 Å². The van der Waals surface area contributed by atoms with Gasteiger partial charge in [-0.05, 0) is 42.1 Å². The minimum Gasteiger partial charge on any atom is -0.493 e. The molecular formula is C19H25NO7S. The van der Waals surface area contributed by atoms with Gasteiger partial charge in [-0.25, -0.2) is 9.59 Å². The number of methoxy groups -OCH3 is 3. The largest absolute Gasteiger partial charge is 0.493 e. The van der Waals surface area contributed by atoms with Gasteiger partial charge >= 0.3 is 11.9 Å². The summed E-state index contributed by atoms with van der Waals surface area (Å²) in [4.78, 5) is 19.5. The Morgan fingerprint density at radius 3 is 2.25 bits per heavy atom. The molecule has 0 aliphatic carbocycles. The van der Waals surface area contributed by atoms with Crippen molar-refractivity contribution in [1.82, 2.24) is 5.32 Å². The minimum atomic E-state index is -1.82. The van der Waals surface area contributed by atoms with Crippen LogP contribution in [0.5, 0.6) is 11.5 Å². The first kappa shape index (κ1) is 23.4. The van der Waals surface area contributed by atoms with Gasteiger partial charge in [-0.3, -0.25) is 0 Å². The van der Waals surface area contributed by atoms with E-state index in [9.17, 15) is 0 Å². The molecule has 1 aromatic carbocycles. The van der Waals surface area contributed by atoms with Crippen LogP contribution in [0.25, 0.3) is 0 Å². The summed E-state index contributed by atoms with van der Waals surface area (Å²) < 4.78 is 16.1. The molecule has 28 heavy (non-hydrogen) atoms. The highest BCUT2D eigenvalue weighted by Gasteiger charge is 2.11. The van der Waals surface area contributed by atoms with Gasteiger partial charge in [0, 0.05) is 18.5 Å². The van der Waals surface area contributed by atoms with Crippen molar-refractivity contribution in [2.24, 2.45) is 0 Å². The molecule has 0 saturated carbocycles. The summed E-state index contributed by atoms with van der Waals surface area (Å²) in [5, 5.41) is 20.3. The zero-order valence-corrected chi connectivity index (χ0v) is 16.8. The SMILES string of the molecule is COc1ccc(CCNCC(OC)c2cccs2)cc1OC.O=C(O)C(=O)O. The van der Waals surface area contributed by atoms with E-state index >= 15 is 0 Å².